The average molecular weight is 139 g/mol. The molecule has 0 saturated heterocycles. The quantitative estimate of drug-likeness (QED) is 0.547. The molecule has 0 spiro atoms. The van der Waals surface area contributed by atoms with E-state index in [1.54, 1.807) is 5.57 Å². The number of hydrogen-bond acceptors (Lipinski definition) is 1. The molecule has 0 bridgehead atoms. The summed E-state index contributed by atoms with van der Waals surface area (Å²) < 4.78 is 0. The van der Waals surface area contributed by atoms with Gasteiger partial charge in [0.15, 0.2) is 0 Å². The zero-order valence-electron chi connectivity index (χ0n) is 6.98. The van der Waals surface area contributed by atoms with E-state index in [-0.39, 0.29) is 0 Å². The van der Waals surface area contributed by atoms with E-state index in [2.05, 4.69) is 25.2 Å². The van der Waals surface area contributed by atoms with Gasteiger partial charge in [-0.1, -0.05) is 25.5 Å². The Morgan fingerprint density at radius 2 is 2.50 bits per heavy atom. The van der Waals surface area contributed by atoms with Crippen LogP contribution in [0, 0.1) is 5.92 Å². The van der Waals surface area contributed by atoms with Gasteiger partial charge in [0, 0.05) is 6.54 Å². The van der Waals surface area contributed by atoms with Gasteiger partial charge in [-0.3, -0.25) is 0 Å². The highest BCUT2D eigenvalue weighted by atomic mass is 14.9. The summed E-state index contributed by atoms with van der Waals surface area (Å²) in [4.78, 5) is 0. The lowest BCUT2D eigenvalue weighted by Gasteiger charge is -2.11. The molecule has 1 N–H and O–H groups in total. The molecule has 1 nitrogen and oxygen atoms in total. The third kappa shape index (κ3) is 1.84. The van der Waals surface area contributed by atoms with Crippen molar-refractivity contribution in [2.45, 2.75) is 26.7 Å². The van der Waals surface area contributed by atoms with E-state index in [0.29, 0.717) is 0 Å². The molecule has 1 heterocycles. The summed E-state index contributed by atoms with van der Waals surface area (Å²) in [6.45, 7) is 6.87. The molecule has 0 saturated carbocycles. The molecule has 1 aliphatic rings. The summed E-state index contributed by atoms with van der Waals surface area (Å²) >= 11 is 0. The summed E-state index contributed by atoms with van der Waals surface area (Å²) in [6.07, 6.45) is 4.83. The van der Waals surface area contributed by atoms with Crippen molar-refractivity contribution in [3.63, 3.8) is 0 Å². The molecule has 0 radical (unpaired) electrons. The Morgan fingerprint density at radius 1 is 1.70 bits per heavy atom. The van der Waals surface area contributed by atoms with Crippen molar-refractivity contribution in [2.75, 3.05) is 13.1 Å². The van der Waals surface area contributed by atoms with Crippen LogP contribution in [0.25, 0.3) is 0 Å². The van der Waals surface area contributed by atoms with Crippen LogP contribution in [-0.2, 0) is 0 Å². The molecule has 0 amide bonds. The Hall–Kier alpha value is -0.300. The lowest BCUT2D eigenvalue weighted by Crippen LogP contribution is -2.20. The molecule has 1 aliphatic heterocycles. The molecular formula is C9H17N. The van der Waals surface area contributed by atoms with E-state index in [1.807, 2.05) is 0 Å². The molecule has 1 heteroatoms. The first-order valence-corrected chi connectivity index (χ1v) is 4.24. The normalized spacial score (nSPS) is 27.4. The maximum atomic E-state index is 3.41. The highest BCUT2D eigenvalue weighted by Crippen LogP contribution is 2.15. The third-order valence-electron chi connectivity index (χ3n) is 2.22. The minimum atomic E-state index is 0.757. The van der Waals surface area contributed by atoms with E-state index >= 15 is 0 Å². The Labute approximate surface area is 63.5 Å². The molecule has 10 heavy (non-hydrogen) atoms. The molecule has 1 rings (SSSR count). The van der Waals surface area contributed by atoms with Gasteiger partial charge in [-0.25, -0.2) is 0 Å². The van der Waals surface area contributed by atoms with Crippen LogP contribution in [0.2, 0.25) is 0 Å². The van der Waals surface area contributed by atoms with Gasteiger partial charge in [-0.2, -0.15) is 0 Å². The molecule has 0 aromatic carbocycles. The Morgan fingerprint density at radius 3 is 3.20 bits per heavy atom. The van der Waals surface area contributed by atoms with Gasteiger partial charge in [-0.05, 0) is 25.3 Å². The van der Waals surface area contributed by atoms with Crippen LogP contribution in [-0.4, -0.2) is 13.1 Å². The minimum absolute atomic E-state index is 0.757. The van der Waals surface area contributed by atoms with Crippen molar-refractivity contribution >= 4 is 0 Å². The summed E-state index contributed by atoms with van der Waals surface area (Å²) in [5.74, 6) is 0.757. The van der Waals surface area contributed by atoms with Crippen LogP contribution in [0.4, 0.5) is 0 Å². The van der Waals surface area contributed by atoms with Gasteiger partial charge < -0.3 is 5.32 Å². The van der Waals surface area contributed by atoms with E-state index in [9.17, 15) is 0 Å². The topological polar surface area (TPSA) is 12.0 Å². The summed E-state index contributed by atoms with van der Waals surface area (Å²) in [7, 11) is 0. The van der Waals surface area contributed by atoms with E-state index in [1.165, 1.54) is 19.4 Å². The molecule has 0 aliphatic carbocycles. The Kier molecular flexibility index (Phi) is 2.94. The fourth-order valence-electron chi connectivity index (χ4n) is 1.50. The summed E-state index contributed by atoms with van der Waals surface area (Å²) in [5, 5.41) is 3.41. The Bertz CT molecular complexity index is 127. The van der Waals surface area contributed by atoms with Crippen LogP contribution in [0.1, 0.15) is 26.7 Å². The minimum Gasteiger partial charge on any atom is -0.316 e. The molecule has 58 valence electrons. The molecule has 0 fully saturated rings. The van der Waals surface area contributed by atoms with Gasteiger partial charge in [0.05, 0.1) is 0 Å². The third-order valence-corrected chi connectivity index (χ3v) is 2.22. The smallest absolute Gasteiger partial charge is 0.00143 e. The van der Waals surface area contributed by atoms with Gasteiger partial charge >= 0.3 is 0 Å². The Balaban J connectivity index is 2.53. The SMILES string of the molecule is CCC1=CCCNC[C@H]1C. The lowest BCUT2D eigenvalue weighted by molar-refractivity contribution is 0.587. The molecular weight excluding hydrogens is 122 g/mol. The van der Waals surface area contributed by atoms with E-state index in [4.69, 9.17) is 0 Å². The fraction of sp³-hybridized carbons (Fsp3) is 0.778. The van der Waals surface area contributed by atoms with E-state index in [0.717, 1.165) is 12.5 Å². The average Bonchev–Trinajstić information content (AvgIpc) is 2.13. The maximum absolute atomic E-state index is 3.41. The van der Waals surface area contributed by atoms with Crippen LogP contribution in [0.5, 0.6) is 0 Å². The van der Waals surface area contributed by atoms with Crippen molar-refractivity contribution < 1.29 is 0 Å². The predicted octanol–water partition coefficient (Wildman–Crippen LogP) is 1.95. The number of rotatable bonds is 1. The zero-order chi connectivity index (χ0) is 7.40. The lowest BCUT2D eigenvalue weighted by atomic mass is 9.99. The van der Waals surface area contributed by atoms with Gasteiger partial charge in [0.2, 0.25) is 0 Å². The highest BCUT2D eigenvalue weighted by Gasteiger charge is 2.08. The van der Waals surface area contributed by atoms with Crippen LogP contribution in [0.15, 0.2) is 11.6 Å². The summed E-state index contributed by atoms with van der Waals surface area (Å²) in [6, 6.07) is 0. The second-order valence-corrected chi connectivity index (χ2v) is 3.03. The first-order valence-electron chi connectivity index (χ1n) is 4.24. The number of hydrogen-bond donors (Lipinski definition) is 1. The van der Waals surface area contributed by atoms with Crippen molar-refractivity contribution in [3.8, 4) is 0 Å². The largest absolute Gasteiger partial charge is 0.316 e. The molecule has 0 aromatic rings. The second-order valence-electron chi connectivity index (χ2n) is 3.03. The van der Waals surface area contributed by atoms with Crippen LogP contribution >= 0.6 is 0 Å². The van der Waals surface area contributed by atoms with Gasteiger partial charge in [0.1, 0.15) is 0 Å². The van der Waals surface area contributed by atoms with Gasteiger partial charge in [0.25, 0.3) is 0 Å². The first-order chi connectivity index (χ1) is 4.84. The summed E-state index contributed by atoms with van der Waals surface area (Å²) in [5.41, 5.74) is 1.63. The van der Waals surface area contributed by atoms with Crippen molar-refractivity contribution in [1.29, 1.82) is 0 Å². The van der Waals surface area contributed by atoms with Crippen molar-refractivity contribution in [1.82, 2.24) is 5.32 Å². The van der Waals surface area contributed by atoms with Crippen molar-refractivity contribution in [2.24, 2.45) is 5.92 Å². The van der Waals surface area contributed by atoms with Crippen LogP contribution < -0.4 is 5.32 Å². The maximum Gasteiger partial charge on any atom is 0.00143 e. The highest BCUT2D eigenvalue weighted by molar-refractivity contribution is 5.07. The standard InChI is InChI=1S/C9H17N/c1-3-9-5-4-6-10-7-8(9)2/h5,8,10H,3-4,6-7H2,1-2H3/t8-/m1/s1. The fourth-order valence-corrected chi connectivity index (χ4v) is 1.50. The zero-order valence-corrected chi connectivity index (χ0v) is 6.98. The number of nitrogens with one attached hydrogen (secondary N) is 1. The molecule has 1 atom stereocenters. The molecule has 0 aromatic heterocycles. The monoisotopic (exact) mass is 139 g/mol. The van der Waals surface area contributed by atoms with Gasteiger partial charge in [-0.15, -0.1) is 0 Å². The van der Waals surface area contributed by atoms with E-state index < -0.39 is 0 Å². The molecule has 0 unspecified atom stereocenters. The second kappa shape index (κ2) is 3.77. The van der Waals surface area contributed by atoms with Crippen LogP contribution in [0.3, 0.4) is 0 Å². The van der Waals surface area contributed by atoms with Crippen molar-refractivity contribution in [3.05, 3.63) is 11.6 Å². The predicted molar refractivity (Wildman–Crippen MR) is 45.0 cm³/mol. The first kappa shape index (κ1) is 7.80.